The Morgan fingerprint density at radius 2 is 2.10 bits per heavy atom. The lowest BCUT2D eigenvalue weighted by molar-refractivity contribution is -0.104. The molecule has 0 radical (unpaired) electrons. The first-order chi connectivity index (χ1) is 9.43. The first-order valence-corrected chi connectivity index (χ1v) is 6.64. The molecule has 2 rings (SSSR count). The van der Waals surface area contributed by atoms with Gasteiger partial charge < -0.3 is 9.64 Å². The van der Waals surface area contributed by atoms with Gasteiger partial charge in [-0.15, -0.1) is 0 Å². The van der Waals surface area contributed by atoms with Crippen molar-refractivity contribution in [3.05, 3.63) is 41.1 Å². The van der Waals surface area contributed by atoms with E-state index in [4.69, 9.17) is 4.74 Å². The minimum absolute atomic E-state index is 0.312. The monoisotopic (exact) mass is 273 g/mol. The molecular formula is C16H19NO3. The highest BCUT2D eigenvalue weighted by atomic mass is 16.5. The van der Waals surface area contributed by atoms with E-state index in [1.165, 1.54) is 0 Å². The van der Waals surface area contributed by atoms with E-state index in [0.717, 1.165) is 23.2 Å². The number of ether oxygens (including phenoxy) is 1. The van der Waals surface area contributed by atoms with E-state index >= 15 is 0 Å². The maximum atomic E-state index is 11.8. The SMILES string of the molecule is CCOC(=O)c1ccc2c(c1)C(C)(C)/C(=C/C=O)N2C. The van der Waals surface area contributed by atoms with Crippen LogP contribution in [0.25, 0.3) is 0 Å². The van der Waals surface area contributed by atoms with Crippen LogP contribution in [0.1, 0.15) is 36.7 Å². The average molecular weight is 273 g/mol. The van der Waals surface area contributed by atoms with Crippen molar-refractivity contribution in [3.63, 3.8) is 0 Å². The fourth-order valence-electron chi connectivity index (χ4n) is 2.74. The summed E-state index contributed by atoms with van der Waals surface area (Å²) in [6, 6.07) is 5.51. The van der Waals surface area contributed by atoms with Crippen LogP contribution in [0.15, 0.2) is 30.0 Å². The highest BCUT2D eigenvalue weighted by Crippen LogP contribution is 2.46. The zero-order valence-electron chi connectivity index (χ0n) is 12.3. The van der Waals surface area contributed by atoms with Gasteiger partial charge in [0.2, 0.25) is 0 Å². The van der Waals surface area contributed by atoms with Gasteiger partial charge in [-0.1, -0.05) is 13.8 Å². The normalized spacial score (nSPS) is 18.0. The molecule has 1 aliphatic rings. The molecule has 0 bridgehead atoms. The number of aldehydes is 1. The molecule has 106 valence electrons. The van der Waals surface area contributed by atoms with Crippen LogP contribution in [0.4, 0.5) is 5.69 Å². The molecule has 0 aromatic heterocycles. The first kappa shape index (κ1) is 14.3. The van der Waals surface area contributed by atoms with Crippen LogP contribution in [0, 0.1) is 0 Å². The first-order valence-electron chi connectivity index (χ1n) is 6.64. The molecule has 1 aliphatic heterocycles. The van der Waals surface area contributed by atoms with Gasteiger partial charge in [-0.2, -0.15) is 0 Å². The number of carbonyl (C=O) groups excluding carboxylic acids is 2. The van der Waals surface area contributed by atoms with Crippen molar-refractivity contribution >= 4 is 17.9 Å². The Labute approximate surface area is 119 Å². The summed E-state index contributed by atoms with van der Waals surface area (Å²) >= 11 is 0. The smallest absolute Gasteiger partial charge is 0.338 e. The summed E-state index contributed by atoms with van der Waals surface area (Å²) in [5, 5.41) is 0. The van der Waals surface area contributed by atoms with Gasteiger partial charge in [0, 0.05) is 23.8 Å². The largest absolute Gasteiger partial charge is 0.462 e. The number of hydrogen-bond donors (Lipinski definition) is 0. The lowest BCUT2D eigenvalue weighted by Gasteiger charge is -2.23. The third-order valence-electron chi connectivity index (χ3n) is 3.77. The van der Waals surface area contributed by atoms with Gasteiger partial charge in [-0.25, -0.2) is 4.79 Å². The Morgan fingerprint density at radius 3 is 2.70 bits per heavy atom. The Kier molecular flexibility index (Phi) is 3.66. The van der Waals surface area contributed by atoms with Gasteiger partial charge in [0.15, 0.2) is 0 Å². The highest BCUT2D eigenvalue weighted by molar-refractivity contribution is 5.91. The average Bonchev–Trinajstić information content (AvgIpc) is 2.60. The molecule has 20 heavy (non-hydrogen) atoms. The molecule has 0 aliphatic carbocycles. The van der Waals surface area contributed by atoms with E-state index in [1.807, 2.05) is 37.9 Å². The van der Waals surface area contributed by atoms with Crippen LogP contribution in [0.2, 0.25) is 0 Å². The number of nitrogens with zero attached hydrogens (tertiary/aromatic N) is 1. The molecular weight excluding hydrogens is 254 g/mol. The summed E-state index contributed by atoms with van der Waals surface area (Å²) in [5.41, 5.74) is 3.19. The molecule has 1 aromatic rings. The second kappa shape index (κ2) is 5.12. The molecule has 0 saturated heterocycles. The van der Waals surface area contributed by atoms with Gasteiger partial charge in [0.25, 0.3) is 0 Å². The molecule has 0 fully saturated rings. The zero-order chi connectivity index (χ0) is 14.9. The number of hydrogen-bond acceptors (Lipinski definition) is 4. The van der Waals surface area contributed by atoms with E-state index in [-0.39, 0.29) is 11.4 Å². The Morgan fingerprint density at radius 1 is 1.40 bits per heavy atom. The molecule has 0 unspecified atom stereocenters. The fourth-order valence-corrected chi connectivity index (χ4v) is 2.74. The summed E-state index contributed by atoms with van der Waals surface area (Å²) in [4.78, 5) is 24.7. The summed E-state index contributed by atoms with van der Waals surface area (Å²) in [6.45, 7) is 6.22. The maximum absolute atomic E-state index is 11.8. The lowest BCUT2D eigenvalue weighted by Crippen LogP contribution is -2.23. The van der Waals surface area contributed by atoms with Gasteiger partial charge in [-0.05, 0) is 36.8 Å². The molecule has 0 spiro atoms. The van der Waals surface area contributed by atoms with Crippen molar-refractivity contribution in [2.75, 3.05) is 18.6 Å². The molecule has 0 N–H and O–H groups in total. The van der Waals surface area contributed by atoms with E-state index in [2.05, 4.69) is 0 Å². The zero-order valence-corrected chi connectivity index (χ0v) is 12.3. The van der Waals surface area contributed by atoms with Crippen molar-refractivity contribution in [1.82, 2.24) is 0 Å². The Balaban J connectivity index is 2.52. The highest BCUT2D eigenvalue weighted by Gasteiger charge is 2.38. The number of rotatable bonds is 3. The number of fused-ring (bicyclic) bond motifs is 1. The van der Waals surface area contributed by atoms with Crippen LogP contribution in [-0.4, -0.2) is 25.9 Å². The molecule has 4 heteroatoms. The summed E-state index contributed by atoms with van der Waals surface area (Å²) in [5.74, 6) is -0.318. The van der Waals surface area contributed by atoms with Crippen LogP contribution < -0.4 is 4.90 Å². The van der Waals surface area contributed by atoms with Crippen LogP contribution in [0.3, 0.4) is 0 Å². The van der Waals surface area contributed by atoms with Crippen molar-refractivity contribution in [3.8, 4) is 0 Å². The standard InChI is InChI=1S/C16H19NO3/c1-5-20-15(19)11-6-7-13-12(10-11)16(2,3)14(8-9-18)17(13)4/h6-10H,5H2,1-4H3/b14-8-. The minimum Gasteiger partial charge on any atom is -0.462 e. The van der Waals surface area contributed by atoms with Crippen LogP contribution in [-0.2, 0) is 14.9 Å². The van der Waals surface area contributed by atoms with Gasteiger partial charge in [-0.3, -0.25) is 4.79 Å². The van der Waals surface area contributed by atoms with Crippen LogP contribution >= 0.6 is 0 Å². The van der Waals surface area contributed by atoms with E-state index in [0.29, 0.717) is 12.2 Å². The fraction of sp³-hybridized carbons (Fsp3) is 0.375. The van der Waals surface area contributed by atoms with Gasteiger partial charge >= 0.3 is 5.97 Å². The molecule has 4 nitrogen and oxygen atoms in total. The minimum atomic E-state index is -0.318. The number of anilines is 1. The summed E-state index contributed by atoms with van der Waals surface area (Å²) in [6.07, 6.45) is 2.37. The third kappa shape index (κ3) is 2.11. The van der Waals surface area contributed by atoms with Crippen molar-refractivity contribution in [1.29, 1.82) is 0 Å². The van der Waals surface area contributed by atoms with Gasteiger partial charge in [0.05, 0.1) is 12.2 Å². The lowest BCUT2D eigenvalue weighted by atomic mass is 9.83. The van der Waals surface area contributed by atoms with Crippen molar-refractivity contribution in [2.45, 2.75) is 26.2 Å². The van der Waals surface area contributed by atoms with Crippen molar-refractivity contribution in [2.24, 2.45) is 0 Å². The summed E-state index contributed by atoms with van der Waals surface area (Å²) in [7, 11) is 1.92. The number of likely N-dealkylation sites (N-methyl/N-ethyl adjacent to an activating group) is 1. The Bertz CT molecular complexity index is 587. The molecule has 1 aromatic carbocycles. The second-order valence-electron chi connectivity index (χ2n) is 5.32. The van der Waals surface area contributed by atoms with Crippen LogP contribution in [0.5, 0.6) is 0 Å². The molecule has 1 heterocycles. The van der Waals surface area contributed by atoms with E-state index < -0.39 is 0 Å². The van der Waals surface area contributed by atoms with Gasteiger partial charge in [0.1, 0.15) is 6.29 Å². The van der Waals surface area contributed by atoms with E-state index in [1.54, 1.807) is 19.1 Å². The third-order valence-corrected chi connectivity index (χ3v) is 3.77. The number of carbonyl (C=O) groups is 2. The topological polar surface area (TPSA) is 46.6 Å². The number of esters is 1. The number of allylic oxidation sites excluding steroid dienone is 2. The molecule has 0 amide bonds. The molecule has 0 atom stereocenters. The Hall–Kier alpha value is -2.10. The second-order valence-corrected chi connectivity index (χ2v) is 5.32. The number of benzene rings is 1. The molecule has 0 saturated carbocycles. The van der Waals surface area contributed by atoms with Crippen molar-refractivity contribution < 1.29 is 14.3 Å². The quantitative estimate of drug-likeness (QED) is 0.482. The predicted octanol–water partition coefficient (Wildman–Crippen LogP) is 2.67. The maximum Gasteiger partial charge on any atom is 0.338 e. The summed E-state index contributed by atoms with van der Waals surface area (Å²) < 4.78 is 5.03. The predicted molar refractivity (Wildman–Crippen MR) is 78.0 cm³/mol. The van der Waals surface area contributed by atoms with E-state index in [9.17, 15) is 9.59 Å².